The van der Waals surface area contributed by atoms with Crippen molar-refractivity contribution in [1.82, 2.24) is 0 Å². The lowest BCUT2D eigenvalue weighted by Gasteiger charge is -2.18. The monoisotopic (exact) mass is 272 g/mol. The smallest absolute Gasteiger partial charge is 0.118 e. The molecule has 0 fully saturated rings. The number of hydrogen-bond donors (Lipinski definition) is 2. The van der Waals surface area contributed by atoms with Crippen molar-refractivity contribution < 1.29 is 10.2 Å². The molecule has 0 saturated heterocycles. The molecule has 0 bridgehead atoms. The number of aromatic hydroxyl groups is 2. The second-order valence-electron chi connectivity index (χ2n) is 6.09. The van der Waals surface area contributed by atoms with Gasteiger partial charge in [0, 0.05) is 0 Å². The van der Waals surface area contributed by atoms with E-state index in [0.717, 1.165) is 5.56 Å². The van der Waals surface area contributed by atoms with Crippen LogP contribution in [0.15, 0.2) is 42.5 Å². The first-order valence-electron chi connectivity index (χ1n) is 6.76. The van der Waals surface area contributed by atoms with Gasteiger partial charge in [-0.2, -0.15) is 0 Å². The van der Waals surface area contributed by atoms with Crippen molar-refractivity contribution in [2.45, 2.75) is 40.0 Å². The van der Waals surface area contributed by atoms with E-state index in [0.29, 0.717) is 11.5 Å². The molecule has 0 aliphatic carbocycles. The standard InChI is InChI=1S/C10H14O.C8H10O/c1-10(2,3)8-4-6-9(11)7-5-8;1-6-3-4-8(9)7(2)5-6/h4-7,11H,1-3H3;3-5,9H,1-2H3. The van der Waals surface area contributed by atoms with Crippen LogP contribution in [-0.4, -0.2) is 10.2 Å². The van der Waals surface area contributed by atoms with Crippen molar-refractivity contribution in [3.05, 3.63) is 59.2 Å². The molecule has 0 saturated carbocycles. The van der Waals surface area contributed by atoms with Crippen LogP contribution in [0.1, 0.15) is 37.5 Å². The van der Waals surface area contributed by atoms with Crippen LogP contribution in [0.5, 0.6) is 11.5 Å². The molecule has 0 amide bonds. The third kappa shape index (κ3) is 4.96. The molecule has 2 nitrogen and oxygen atoms in total. The highest BCUT2D eigenvalue weighted by molar-refractivity contribution is 5.34. The molecule has 2 aromatic carbocycles. The van der Waals surface area contributed by atoms with Gasteiger partial charge in [0.15, 0.2) is 0 Å². The average Bonchev–Trinajstić information content (AvgIpc) is 2.34. The average molecular weight is 272 g/mol. The van der Waals surface area contributed by atoms with Crippen molar-refractivity contribution in [3.8, 4) is 11.5 Å². The molecule has 0 aliphatic heterocycles. The number of aryl methyl sites for hydroxylation is 2. The zero-order valence-electron chi connectivity index (χ0n) is 12.9. The number of benzene rings is 2. The quantitative estimate of drug-likeness (QED) is 0.730. The molecule has 20 heavy (non-hydrogen) atoms. The highest BCUT2D eigenvalue weighted by atomic mass is 16.3. The summed E-state index contributed by atoms with van der Waals surface area (Å²) in [6.45, 7) is 10.4. The van der Waals surface area contributed by atoms with Gasteiger partial charge in [-0.05, 0) is 48.6 Å². The van der Waals surface area contributed by atoms with Crippen LogP contribution in [0.25, 0.3) is 0 Å². The fourth-order valence-electron chi connectivity index (χ4n) is 1.77. The molecule has 0 unspecified atom stereocenters. The molecule has 0 spiro atoms. The molecule has 108 valence electrons. The highest BCUT2D eigenvalue weighted by Crippen LogP contribution is 2.23. The Bertz CT molecular complexity index is 549. The Labute approximate surface area is 121 Å². The number of rotatable bonds is 0. The highest BCUT2D eigenvalue weighted by Gasteiger charge is 2.12. The first kappa shape index (κ1) is 16.1. The van der Waals surface area contributed by atoms with E-state index < -0.39 is 0 Å². The van der Waals surface area contributed by atoms with Gasteiger partial charge in [-0.1, -0.05) is 50.6 Å². The lowest BCUT2D eigenvalue weighted by molar-refractivity contribution is 0.471. The maximum atomic E-state index is 9.04. The summed E-state index contributed by atoms with van der Waals surface area (Å²) in [5.41, 5.74) is 3.55. The predicted octanol–water partition coefficient (Wildman–Crippen LogP) is 4.70. The third-order valence-electron chi connectivity index (χ3n) is 3.09. The lowest BCUT2D eigenvalue weighted by Crippen LogP contribution is -2.10. The fourth-order valence-corrected chi connectivity index (χ4v) is 1.77. The largest absolute Gasteiger partial charge is 0.508 e. The molecular formula is C18H24O2. The summed E-state index contributed by atoms with van der Waals surface area (Å²) in [6.07, 6.45) is 0. The van der Waals surface area contributed by atoms with Crippen molar-refractivity contribution in [2.24, 2.45) is 0 Å². The lowest BCUT2D eigenvalue weighted by atomic mass is 9.87. The third-order valence-corrected chi connectivity index (χ3v) is 3.09. The van der Waals surface area contributed by atoms with Crippen molar-refractivity contribution in [1.29, 1.82) is 0 Å². The van der Waals surface area contributed by atoms with E-state index in [1.807, 2.05) is 38.1 Å². The minimum atomic E-state index is 0.174. The molecule has 0 aromatic heterocycles. The number of phenols is 2. The summed E-state index contributed by atoms with van der Waals surface area (Å²) in [4.78, 5) is 0. The van der Waals surface area contributed by atoms with Gasteiger partial charge >= 0.3 is 0 Å². The zero-order chi connectivity index (χ0) is 15.3. The number of hydrogen-bond acceptors (Lipinski definition) is 2. The first-order valence-corrected chi connectivity index (χ1v) is 6.76. The summed E-state index contributed by atoms with van der Waals surface area (Å²) >= 11 is 0. The molecule has 2 rings (SSSR count). The Morgan fingerprint density at radius 3 is 1.75 bits per heavy atom. The van der Waals surface area contributed by atoms with Gasteiger partial charge in [0.05, 0.1) is 0 Å². The van der Waals surface area contributed by atoms with Gasteiger partial charge < -0.3 is 10.2 Å². The van der Waals surface area contributed by atoms with E-state index >= 15 is 0 Å². The topological polar surface area (TPSA) is 40.5 Å². The predicted molar refractivity (Wildman–Crippen MR) is 84.4 cm³/mol. The first-order chi connectivity index (χ1) is 9.20. The maximum Gasteiger partial charge on any atom is 0.118 e. The van der Waals surface area contributed by atoms with E-state index in [2.05, 4.69) is 20.8 Å². The Morgan fingerprint density at radius 1 is 0.800 bits per heavy atom. The second-order valence-corrected chi connectivity index (χ2v) is 6.09. The van der Waals surface area contributed by atoms with Gasteiger partial charge in [0.25, 0.3) is 0 Å². The minimum absolute atomic E-state index is 0.174. The summed E-state index contributed by atoms with van der Waals surface area (Å²) in [6, 6.07) is 12.9. The van der Waals surface area contributed by atoms with Crippen LogP contribution in [0.3, 0.4) is 0 Å². The SMILES string of the molecule is CC(C)(C)c1ccc(O)cc1.Cc1ccc(O)c(C)c1. The van der Waals surface area contributed by atoms with Crippen molar-refractivity contribution in [3.63, 3.8) is 0 Å². The van der Waals surface area contributed by atoms with Crippen molar-refractivity contribution in [2.75, 3.05) is 0 Å². The van der Waals surface area contributed by atoms with E-state index in [1.165, 1.54) is 11.1 Å². The maximum absolute atomic E-state index is 9.04. The van der Waals surface area contributed by atoms with Gasteiger partial charge in [-0.3, -0.25) is 0 Å². The van der Waals surface area contributed by atoms with Crippen LogP contribution in [0.4, 0.5) is 0 Å². The summed E-state index contributed by atoms with van der Waals surface area (Å²) < 4.78 is 0. The Hall–Kier alpha value is -1.96. The molecule has 0 atom stereocenters. The van der Waals surface area contributed by atoms with Gasteiger partial charge in [-0.15, -0.1) is 0 Å². The molecule has 2 heteroatoms. The molecular weight excluding hydrogens is 248 g/mol. The van der Waals surface area contributed by atoms with E-state index in [4.69, 9.17) is 10.2 Å². The summed E-state index contributed by atoms with van der Waals surface area (Å²) in [5, 5.41) is 18.1. The van der Waals surface area contributed by atoms with Crippen LogP contribution in [0.2, 0.25) is 0 Å². The minimum Gasteiger partial charge on any atom is -0.508 e. The van der Waals surface area contributed by atoms with E-state index in [1.54, 1.807) is 18.2 Å². The molecule has 2 aromatic rings. The van der Waals surface area contributed by atoms with Crippen LogP contribution >= 0.6 is 0 Å². The number of phenolic OH excluding ortho intramolecular Hbond substituents is 2. The molecule has 0 aliphatic rings. The normalized spacial score (nSPS) is 10.7. The fraction of sp³-hybridized carbons (Fsp3) is 0.333. The van der Waals surface area contributed by atoms with Crippen LogP contribution in [0, 0.1) is 13.8 Å². The Morgan fingerprint density at radius 2 is 1.35 bits per heavy atom. The van der Waals surface area contributed by atoms with Crippen LogP contribution < -0.4 is 0 Å². The summed E-state index contributed by atoms with van der Waals surface area (Å²) in [7, 11) is 0. The van der Waals surface area contributed by atoms with Gasteiger partial charge in [0.2, 0.25) is 0 Å². The van der Waals surface area contributed by atoms with Crippen LogP contribution in [-0.2, 0) is 5.41 Å². The van der Waals surface area contributed by atoms with Gasteiger partial charge in [-0.25, -0.2) is 0 Å². The second kappa shape index (κ2) is 6.47. The molecule has 2 N–H and O–H groups in total. The zero-order valence-corrected chi connectivity index (χ0v) is 12.9. The Balaban J connectivity index is 0.000000204. The van der Waals surface area contributed by atoms with E-state index in [-0.39, 0.29) is 5.41 Å². The Kier molecular flexibility index (Phi) is 5.20. The molecule has 0 radical (unpaired) electrons. The molecule has 0 heterocycles. The van der Waals surface area contributed by atoms with Crippen molar-refractivity contribution >= 4 is 0 Å². The van der Waals surface area contributed by atoms with Gasteiger partial charge in [0.1, 0.15) is 11.5 Å². The van der Waals surface area contributed by atoms with E-state index in [9.17, 15) is 0 Å². The summed E-state index contributed by atoms with van der Waals surface area (Å²) in [5.74, 6) is 0.707.